The van der Waals surface area contributed by atoms with Gasteiger partial charge in [-0.2, -0.15) is 13.5 Å². The van der Waals surface area contributed by atoms with Crippen LogP contribution < -0.4 is 4.72 Å². The number of aryl methyl sites for hydroxylation is 2. The van der Waals surface area contributed by atoms with E-state index in [2.05, 4.69) is 14.8 Å². The summed E-state index contributed by atoms with van der Waals surface area (Å²) in [6.45, 7) is 1.65. The maximum absolute atomic E-state index is 13.4. The topological polar surface area (TPSA) is 76.9 Å². The van der Waals surface area contributed by atoms with Crippen LogP contribution in [0.4, 0.5) is 10.1 Å². The number of sulfonamides is 1. The molecule has 0 saturated heterocycles. The molecule has 0 atom stereocenters. The summed E-state index contributed by atoms with van der Waals surface area (Å²) in [4.78, 5) is 3.53. The molecule has 0 spiro atoms. The van der Waals surface area contributed by atoms with E-state index >= 15 is 0 Å². The molecule has 96 valence electrons. The van der Waals surface area contributed by atoms with Crippen LogP contribution in [0.1, 0.15) is 5.69 Å². The number of pyridine rings is 1. The van der Waals surface area contributed by atoms with Crippen molar-refractivity contribution in [2.75, 3.05) is 4.72 Å². The van der Waals surface area contributed by atoms with Gasteiger partial charge >= 0.3 is 0 Å². The first-order valence-electron chi connectivity index (χ1n) is 5.04. The summed E-state index contributed by atoms with van der Waals surface area (Å²) in [5.41, 5.74) is 0.792. The van der Waals surface area contributed by atoms with Gasteiger partial charge in [0, 0.05) is 19.4 Å². The summed E-state index contributed by atoms with van der Waals surface area (Å²) in [7, 11) is -2.38. The van der Waals surface area contributed by atoms with Crippen molar-refractivity contribution in [1.29, 1.82) is 0 Å². The number of anilines is 1. The molecule has 0 aliphatic rings. The fraction of sp³-hybridized carbons (Fsp3) is 0.200. The number of nitrogens with one attached hydrogen (secondary N) is 1. The van der Waals surface area contributed by atoms with Crippen molar-refractivity contribution >= 4 is 15.7 Å². The average Bonchev–Trinajstić information content (AvgIpc) is 2.57. The molecule has 0 radical (unpaired) electrons. The van der Waals surface area contributed by atoms with Crippen molar-refractivity contribution in [1.82, 2.24) is 14.8 Å². The first-order valence-corrected chi connectivity index (χ1v) is 6.52. The lowest BCUT2D eigenvalue weighted by molar-refractivity contribution is 0.557. The number of nitrogens with zero attached hydrogens (tertiary/aromatic N) is 3. The van der Waals surface area contributed by atoms with E-state index in [0.717, 1.165) is 6.07 Å². The highest BCUT2D eigenvalue weighted by molar-refractivity contribution is 7.92. The second-order valence-electron chi connectivity index (χ2n) is 3.70. The van der Waals surface area contributed by atoms with Gasteiger partial charge in [-0.05, 0) is 19.1 Å². The Kier molecular flexibility index (Phi) is 3.04. The van der Waals surface area contributed by atoms with Gasteiger partial charge in [0.2, 0.25) is 5.03 Å². The zero-order valence-electron chi connectivity index (χ0n) is 9.75. The fourth-order valence-electron chi connectivity index (χ4n) is 1.46. The van der Waals surface area contributed by atoms with Crippen molar-refractivity contribution in [2.24, 2.45) is 7.05 Å². The van der Waals surface area contributed by atoms with Gasteiger partial charge in [0.25, 0.3) is 10.0 Å². The smallest absolute Gasteiger partial charge is 0.275 e. The molecule has 0 bridgehead atoms. The largest absolute Gasteiger partial charge is 0.282 e. The van der Waals surface area contributed by atoms with E-state index in [0.29, 0.717) is 11.4 Å². The monoisotopic (exact) mass is 270 g/mol. The van der Waals surface area contributed by atoms with Gasteiger partial charge in [-0.3, -0.25) is 9.40 Å². The van der Waals surface area contributed by atoms with Crippen LogP contribution in [-0.2, 0) is 17.1 Å². The Labute approximate surface area is 104 Å². The molecular weight excluding hydrogens is 259 g/mol. The molecule has 0 aliphatic heterocycles. The van der Waals surface area contributed by atoms with Crippen molar-refractivity contribution in [3.63, 3.8) is 0 Å². The fourth-order valence-corrected chi connectivity index (χ4v) is 2.57. The predicted molar refractivity (Wildman–Crippen MR) is 62.9 cm³/mol. The van der Waals surface area contributed by atoms with Crippen molar-refractivity contribution in [3.8, 4) is 0 Å². The minimum atomic E-state index is -4.04. The van der Waals surface area contributed by atoms with E-state index in [9.17, 15) is 12.8 Å². The summed E-state index contributed by atoms with van der Waals surface area (Å²) in [6, 6.07) is 2.36. The predicted octanol–water partition coefficient (Wildman–Crippen LogP) is 1.06. The molecule has 0 unspecified atom stereocenters. The van der Waals surface area contributed by atoms with E-state index in [1.165, 1.54) is 23.1 Å². The Hall–Kier alpha value is -1.96. The van der Waals surface area contributed by atoms with Crippen LogP contribution in [0.5, 0.6) is 0 Å². The van der Waals surface area contributed by atoms with Crippen molar-refractivity contribution in [2.45, 2.75) is 11.9 Å². The first-order chi connectivity index (χ1) is 8.40. The van der Waals surface area contributed by atoms with Gasteiger partial charge in [-0.1, -0.05) is 0 Å². The normalized spacial score (nSPS) is 11.5. The molecule has 0 fully saturated rings. The third-order valence-electron chi connectivity index (χ3n) is 2.24. The Morgan fingerprint density at radius 1 is 1.44 bits per heavy atom. The minimum Gasteiger partial charge on any atom is -0.275 e. The van der Waals surface area contributed by atoms with Crippen LogP contribution in [0, 0.1) is 12.7 Å². The van der Waals surface area contributed by atoms with Crippen molar-refractivity contribution < 1.29 is 12.8 Å². The van der Waals surface area contributed by atoms with Gasteiger partial charge in [0.15, 0.2) is 5.82 Å². The molecule has 8 heteroatoms. The van der Waals surface area contributed by atoms with Gasteiger partial charge in [0.05, 0.1) is 11.4 Å². The van der Waals surface area contributed by atoms with Gasteiger partial charge in [-0.15, -0.1) is 0 Å². The zero-order valence-corrected chi connectivity index (χ0v) is 10.6. The van der Waals surface area contributed by atoms with Gasteiger partial charge < -0.3 is 0 Å². The summed E-state index contributed by atoms with van der Waals surface area (Å²) >= 11 is 0. The number of aromatic nitrogens is 3. The molecule has 0 saturated carbocycles. The highest BCUT2D eigenvalue weighted by atomic mass is 32.2. The molecule has 18 heavy (non-hydrogen) atoms. The van der Waals surface area contributed by atoms with E-state index in [1.807, 2.05) is 0 Å². The standard InChI is InChI=1S/C10H11FN4O2S/c1-7-9(6-15(2)13-7)14-18(16,17)10-8(11)4-3-5-12-10/h3-6,14H,1-2H3. The number of hydrogen-bond acceptors (Lipinski definition) is 4. The molecule has 2 aromatic heterocycles. The van der Waals surface area contributed by atoms with Crippen LogP contribution in [-0.4, -0.2) is 23.2 Å². The van der Waals surface area contributed by atoms with Crippen LogP contribution in [0.15, 0.2) is 29.6 Å². The molecule has 0 aliphatic carbocycles. The SMILES string of the molecule is Cc1nn(C)cc1NS(=O)(=O)c1ncccc1F. The number of hydrogen-bond donors (Lipinski definition) is 1. The third-order valence-corrected chi connectivity index (χ3v) is 3.54. The second kappa shape index (κ2) is 4.37. The number of rotatable bonds is 3. The van der Waals surface area contributed by atoms with Crippen LogP contribution >= 0.6 is 0 Å². The Morgan fingerprint density at radius 3 is 2.72 bits per heavy atom. The first kappa shape index (κ1) is 12.5. The summed E-state index contributed by atoms with van der Waals surface area (Å²) in [5, 5.41) is 3.36. The molecule has 2 rings (SSSR count). The Balaban J connectivity index is 2.39. The summed E-state index contributed by atoms with van der Waals surface area (Å²) in [6.07, 6.45) is 2.71. The lowest BCUT2D eigenvalue weighted by atomic mass is 10.4. The summed E-state index contributed by atoms with van der Waals surface area (Å²) in [5.74, 6) is -0.897. The Morgan fingerprint density at radius 2 is 2.17 bits per heavy atom. The second-order valence-corrected chi connectivity index (χ2v) is 5.30. The minimum absolute atomic E-state index is 0.294. The maximum atomic E-state index is 13.4. The highest BCUT2D eigenvalue weighted by Gasteiger charge is 2.21. The highest BCUT2D eigenvalue weighted by Crippen LogP contribution is 2.18. The quantitative estimate of drug-likeness (QED) is 0.904. The Bertz CT molecular complexity index is 681. The molecule has 0 aromatic carbocycles. The van der Waals surface area contributed by atoms with Crippen LogP contribution in [0.2, 0.25) is 0 Å². The number of halogens is 1. The maximum Gasteiger partial charge on any atom is 0.282 e. The molecule has 2 heterocycles. The van der Waals surface area contributed by atoms with Crippen LogP contribution in [0.3, 0.4) is 0 Å². The van der Waals surface area contributed by atoms with Gasteiger partial charge in [0.1, 0.15) is 0 Å². The van der Waals surface area contributed by atoms with Crippen LogP contribution in [0.25, 0.3) is 0 Å². The zero-order chi connectivity index (χ0) is 13.3. The third kappa shape index (κ3) is 2.33. The van der Waals surface area contributed by atoms with E-state index in [-0.39, 0.29) is 0 Å². The molecule has 6 nitrogen and oxygen atoms in total. The summed E-state index contributed by atoms with van der Waals surface area (Å²) < 4.78 is 41.0. The molecule has 1 N–H and O–H groups in total. The van der Waals surface area contributed by atoms with Gasteiger partial charge in [-0.25, -0.2) is 9.37 Å². The average molecular weight is 270 g/mol. The van der Waals surface area contributed by atoms with E-state index in [4.69, 9.17) is 0 Å². The van der Waals surface area contributed by atoms with E-state index in [1.54, 1.807) is 14.0 Å². The molecule has 0 amide bonds. The lowest BCUT2D eigenvalue weighted by Gasteiger charge is -2.06. The molecule has 2 aromatic rings. The molecular formula is C10H11FN4O2S. The van der Waals surface area contributed by atoms with E-state index < -0.39 is 20.9 Å². The lowest BCUT2D eigenvalue weighted by Crippen LogP contribution is -2.16. The van der Waals surface area contributed by atoms with Crippen molar-refractivity contribution in [3.05, 3.63) is 36.0 Å².